The van der Waals surface area contributed by atoms with Crippen LogP contribution < -0.4 is 0 Å². The van der Waals surface area contributed by atoms with Gasteiger partial charge >= 0.3 is 0 Å². The summed E-state index contributed by atoms with van der Waals surface area (Å²) in [4.78, 5) is 9.44. The summed E-state index contributed by atoms with van der Waals surface area (Å²) in [5.41, 5.74) is -0.0741. The smallest absolute Gasteiger partial charge is 0.167 e. The highest BCUT2D eigenvalue weighted by Crippen LogP contribution is 1.60. The van der Waals surface area contributed by atoms with Crippen LogP contribution in [0.5, 0.6) is 0 Å². The molecule has 0 heterocycles. The van der Waals surface area contributed by atoms with Crippen LogP contribution in [-0.2, 0) is 4.79 Å². The van der Waals surface area contributed by atoms with Crippen molar-refractivity contribution in [2.24, 2.45) is 0 Å². The molecule has 0 saturated heterocycles. The van der Waals surface area contributed by atoms with Crippen LogP contribution in [-0.4, -0.2) is 12.0 Å². The van der Waals surface area contributed by atoms with Gasteiger partial charge in [-0.25, -0.2) is 0 Å². The molecule has 0 spiro atoms. The van der Waals surface area contributed by atoms with Crippen LogP contribution in [0, 0.1) is 5.41 Å². The van der Waals surface area contributed by atoms with E-state index in [2.05, 4.69) is 6.58 Å². The topological polar surface area (TPSA) is 40.9 Å². The number of hydrogen-bond acceptors (Lipinski definition) is 2. The summed E-state index contributed by atoms with van der Waals surface area (Å²) < 4.78 is 0. The lowest BCUT2D eigenvalue weighted by molar-refractivity contribution is -0.102. The van der Waals surface area contributed by atoms with Gasteiger partial charge in [0.05, 0.1) is 5.71 Å². The minimum Gasteiger partial charge on any atom is -0.298 e. The minimum absolute atomic E-state index is 0.0741. The predicted molar refractivity (Wildman–Crippen MR) is 24.0 cm³/mol. The SMILES string of the molecule is C=CC(=N)C=O. The summed E-state index contributed by atoms with van der Waals surface area (Å²) in [7, 11) is 0. The van der Waals surface area contributed by atoms with Crippen LogP contribution in [0.1, 0.15) is 0 Å². The summed E-state index contributed by atoms with van der Waals surface area (Å²) >= 11 is 0. The molecule has 0 atom stereocenters. The lowest BCUT2D eigenvalue weighted by Crippen LogP contribution is -1.87. The summed E-state index contributed by atoms with van der Waals surface area (Å²) in [5, 5.41) is 6.50. The van der Waals surface area contributed by atoms with Crippen molar-refractivity contribution in [1.82, 2.24) is 0 Å². The molecule has 0 amide bonds. The maximum Gasteiger partial charge on any atom is 0.167 e. The molecule has 0 fully saturated rings. The van der Waals surface area contributed by atoms with Crippen molar-refractivity contribution < 1.29 is 4.79 Å². The fourth-order valence-electron chi connectivity index (χ4n) is 0.0481. The predicted octanol–water partition coefficient (Wildman–Crippen LogP) is 0.391. The molecule has 0 bridgehead atoms. The van der Waals surface area contributed by atoms with Gasteiger partial charge in [0.25, 0.3) is 0 Å². The van der Waals surface area contributed by atoms with E-state index in [1.807, 2.05) is 0 Å². The first-order valence-corrected chi connectivity index (χ1v) is 1.47. The van der Waals surface area contributed by atoms with Gasteiger partial charge < -0.3 is 0 Å². The number of allylic oxidation sites excluding steroid dienone is 1. The first-order valence-electron chi connectivity index (χ1n) is 1.47. The van der Waals surface area contributed by atoms with Gasteiger partial charge in [-0.2, -0.15) is 0 Å². The fraction of sp³-hybridized carbons (Fsp3) is 0. The van der Waals surface area contributed by atoms with Crippen molar-refractivity contribution in [2.45, 2.75) is 0 Å². The Bertz CT molecular complexity index is 75.5. The lowest BCUT2D eigenvalue weighted by atomic mass is 10.4. The minimum atomic E-state index is -0.0741. The highest BCUT2D eigenvalue weighted by Gasteiger charge is 1.75. The molecule has 0 radical (unpaired) electrons. The Hall–Kier alpha value is -0.920. The van der Waals surface area contributed by atoms with Gasteiger partial charge in [0.2, 0.25) is 0 Å². The van der Waals surface area contributed by atoms with E-state index in [0.717, 1.165) is 0 Å². The molecule has 0 unspecified atom stereocenters. The van der Waals surface area contributed by atoms with Crippen molar-refractivity contribution in [2.75, 3.05) is 0 Å². The Morgan fingerprint density at radius 1 is 1.83 bits per heavy atom. The highest BCUT2D eigenvalue weighted by atomic mass is 16.1. The molecule has 2 nitrogen and oxygen atoms in total. The molecule has 0 rings (SSSR count). The Kier molecular flexibility index (Phi) is 1.97. The second-order valence-corrected chi connectivity index (χ2v) is 0.777. The highest BCUT2D eigenvalue weighted by molar-refractivity contribution is 6.31. The standard InChI is InChI=1S/C4H5NO/c1-2-4(5)3-6/h2-3,5H,1H2. The normalized spacial score (nSPS) is 6.67. The third-order valence-electron chi connectivity index (χ3n) is 0.347. The zero-order valence-electron chi connectivity index (χ0n) is 3.27. The Labute approximate surface area is 36.0 Å². The Balaban J connectivity index is 3.52. The molecule has 2 heteroatoms. The molecule has 0 aromatic rings. The van der Waals surface area contributed by atoms with Gasteiger partial charge in [0, 0.05) is 0 Å². The summed E-state index contributed by atoms with van der Waals surface area (Å²) in [6, 6.07) is 0. The van der Waals surface area contributed by atoms with Gasteiger partial charge in [-0.05, 0) is 6.08 Å². The van der Waals surface area contributed by atoms with Crippen LogP contribution in [0.25, 0.3) is 0 Å². The third-order valence-corrected chi connectivity index (χ3v) is 0.347. The maximum absolute atomic E-state index is 9.44. The second kappa shape index (κ2) is 2.33. The van der Waals surface area contributed by atoms with Gasteiger partial charge in [0.15, 0.2) is 6.29 Å². The number of carbonyl (C=O) groups is 1. The van der Waals surface area contributed by atoms with Crippen LogP contribution >= 0.6 is 0 Å². The molecular weight excluding hydrogens is 78.0 g/mol. The Morgan fingerprint density at radius 2 is 2.33 bits per heavy atom. The van der Waals surface area contributed by atoms with E-state index in [9.17, 15) is 4.79 Å². The van der Waals surface area contributed by atoms with Crippen molar-refractivity contribution in [3.63, 3.8) is 0 Å². The molecule has 6 heavy (non-hydrogen) atoms. The van der Waals surface area contributed by atoms with Gasteiger partial charge in [-0.1, -0.05) is 6.58 Å². The van der Waals surface area contributed by atoms with Crippen LogP contribution in [0.3, 0.4) is 0 Å². The van der Waals surface area contributed by atoms with E-state index in [4.69, 9.17) is 5.41 Å². The van der Waals surface area contributed by atoms with Gasteiger partial charge in [0.1, 0.15) is 0 Å². The van der Waals surface area contributed by atoms with E-state index >= 15 is 0 Å². The maximum atomic E-state index is 9.44. The molecule has 0 aromatic carbocycles. The van der Waals surface area contributed by atoms with Crippen LogP contribution in [0.15, 0.2) is 12.7 Å². The van der Waals surface area contributed by atoms with Crippen molar-refractivity contribution >= 4 is 12.0 Å². The first-order chi connectivity index (χ1) is 2.81. The number of hydrogen-bond donors (Lipinski definition) is 1. The number of aldehydes is 1. The summed E-state index contributed by atoms with van der Waals surface area (Å²) in [6.45, 7) is 3.18. The zero-order chi connectivity index (χ0) is 4.99. The molecule has 32 valence electrons. The largest absolute Gasteiger partial charge is 0.298 e. The van der Waals surface area contributed by atoms with E-state index < -0.39 is 0 Å². The molecule has 0 aliphatic rings. The molecular formula is C4H5NO. The number of nitrogens with one attached hydrogen (secondary N) is 1. The monoisotopic (exact) mass is 83.0 g/mol. The average Bonchev–Trinajstić information content (AvgIpc) is 1.65. The fourth-order valence-corrected chi connectivity index (χ4v) is 0.0481. The van der Waals surface area contributed by atoms with Crippen molar-refractivity contribution in [3.05, 3.63) is 12.7 Å². The number of carbonyl (C=O) groups excluding carboxylic acids is 1. The van der Waals surface area contributed by atoms with E-state index in [1.54, 1.807) is 0 Å². The Morgan fingerprint density at radius 3 is 2.33 bits per heavy atom. The summed E-state index contributed by atoms with van der Waals surface area (Å²) in [5.74, 6) is 0. The molecule has 0 aliphatic heterocycles. The van der Waals surface area contributed by atoms with Gasteiger partial charge in [-0.15, -0.1) is 0 Å². The first kappa shape index (κ1) is 5.08. The van der Waals surface area contributed by atoms with Gasteiger partial charge in [-0.3, -0.25) is 10.2 Å². The lowest BCUT2D eigenvalue weighted by Gasteiger charge is -1.69. The zero-order valence-corrected chi connectivity index (χ0v) is 3.27. The third kappa shape index (κ3) is 1.40. The second-order valence-electron chi connectivity index (χ2n) is 0.777. The van der Waals surface area contributed by atoms with Crippen LogP contribution in [0.4, 0.5) is 0 Å². The van der Waals surface area contributed by atoms with Crippen molar-refractivity contribution in [1.29, 1.82) is 5.41 Å². The van der Waals surface area contributed by atoms with Crippen LogP contribution in [0.2, 0.25) is 0 Å². The molecule has 1 N–H and O–H groups in total. The molecule has 0 saturated carbocycles. The van der Waals surface area contributed by atoms with E-state index in [0.29, 0.717) is 6.29 Å². The van der Waals surface area contributed by atoms with Crippen molar-refractivity contribution in [3.8, 4) is 0 Å². The summed E-state index contributed by atoms with van der Waals surface area (Å²) in [6.07, 6.45) is 1.62. The molecule has 0 aliphatic carbocycles. The average molecular weight is 83.1 g/mol. The quantitative estimate of drug-likeness (QED) is 0.381. The van der Waals surface area contributed by atoms with E-state index in [1.165, 1.54) is 6.08 Å². The number of rotatable bonds is 2. The molecule has 0 aromatic heterocycles. The van der Waals surface area contributed by atoms with E-state index in [-0.39, 0.29) is 5.71 Å².